The third-order valence-corrected chi connectivity index (χ3v) is 6.85. The Bertz CT molecular complexity index is 1250. The van der Waals surface area contributed by atoms with Crippen molar-refractivity contribution in [2.24, 2.45) is 0 Å². The molecule has 0 saturated heterocycles. The first-order valence-corrected chi connectivity index (χ1v) is 10.5. The number of aromatic carboxylic acids is 1. The van der Waals surface area contributed by atoms with Crippen molar-refractivity contribution < 1.29 is 28.8 Å². The minimum absolute atomic E-state index is 0. The van der Waals surface area contributed by atoms with Gasteiger partial charge in [-0.05, 0) is 29.6 Å². The topological polar surface area (TPSA) is 46.4 Å². The summed E-state index contributed by atoms with van der Waals surface area (Å²) in [5, 5.41) is 15.7. The van der Waals surface area contributed by atoms with E-state index in [1.807, 2.05) is 39.6 Å². The molecule has 0 unspecified atom stereocenters. The smallest absolute Gasteiger partial charge is 0.544 e. The molecule has 29 heavy (non-hydrogen) atoms. The molecule has 2 heterocycles. The van der Waals surface area contributed by atoms with E-state index in [-0.39, 0.29) is 23.7 Å². The maximum absolute atomic E-state index is 11.7. The quantitative estimate of drug-likeness (QED) is 0.273. The van der Waals surface area contributed by atoms with Crippen LogP contribution in [0.25, 0.3) is 31.7 Å². The number of nitrogens with zero attached hydrogens (tertiary/aromatic N) is 2. The van der Waals surface area contributed by atoms with Gasteiger partial charge in [0.25, 0.3) is 0 Å². The van der Waals surface area contributed by atoms with Crippen molar-refractivity contribution in [2.45, 2.75) is 0 Å². The number of rotatable bonds is 3. The average molecular weight is 415 g/mol. The SMILES string of the molecule is CN(C)c1ccc2c(-c3ccsc3C(=O)[O-])c3ccc(=[N+](C)C)cc-3sc2c1.[Li+]. The van der Waals surface area contributed by atoms with Gasteiger partial charge in [0.05, 0.1) is 10.8 Å². The van der Waals surface area contributed by atoms with E-state index in [9.17, 15) is 9.90 Å². The minimum atomic E-state index is -1.13. The molecule has 2 aromatic rings. The van der Waals surface area contributed by atoms with Crippen LogP contribution in [0.2, 0.25) is 0 Å². The zero-order chi connectivity index (χ0) is 20.0. The number of carboxylic acids is 1. The van der Waals surface area contributed by atoms with Gasteiger partial charge in [0.15, 0.2) is 0 Å². The molecule has 0 radical (unpaired) electrons. The van der Waals surface area contributed by atoms with Gasteiger partial charge in [-0.2, -0.15) is 0 Å². The molecule has 0 spiro atoms. The maximum atomic E-state index is 11.7. The molecule has 1 aliphatic heterocycles. The molecule has 0 fully saturated rings. The molecule has 4 nitrogen and oxygen atoms in total. The van der Waals surface area contributed by atoms with Crippen LogP contribution < -0.4 is 38.8 Å². The van der Waals surface area contributed by atoms with Gasteiger partial charge in [-0.15, -0.1) is 22.7 Å². The van der Waals surface area contributed by atoms with Crippen LogP contribution in [0.1, 0.15) is 9.67 Å². The van der Waals surface area contributed by atoms with Crippen molar-refractivity contribution in [1.29, 1.82) is 0 Å². The van der Waals surface area contributed by atoms with E-state index in [4.69, 9.17) is 0 Å². The number of thiophene rings is 1. The second kappa shape index (κ2) is 8.33. The van der Waals surface area contributed by atoms with E-state index in [1.54, 1.807) is 11.3 Å². The molecule has 2 aliphatic rings. The fourth-order valence-electron chi connectivity index (χ4n) is 3.38. The molecule has 1 aromatic heterocycles. The van der Waals surface area contributed by atoms with Gasteiger partial charge >= 0.3 is 18.9 Å². The van der Waals surface area contributed by atoms with Crippen LogP contribution in [0.3, 0.4) is 0 Å². The number of carboxylic acid groups (broad SMARTS) is 1. The van der Waals surface area contributed by atoms with Crippen molar-refractivity contribution in [3.8, 4) is 21.6 Å². The van der Waals surface area contributed by atoms with Crippen molar-refractivity contribution >= 4 is 44.4 Å². The van der Waals surface area contributed by atoms with Crippen LogP contribution in [0.5, 0.6) is 0 Å². The molecular weight excluding hydrogens is 395 g/mol. The molecule has 0 saturated carbocycles. The van der Waals surface area contributed by atoms with Gasteiger partial charge in [0.1, 0.15) is 14.1 Å². The van der Waals surface area contributed by atoms with Crippen LogP contribution >= 0.6 is 22.7 Å². The van der Waals surface area contributed by atoms with Gasteiger partial charge in [0.2, 0.25) is 5.36 Å². The standard InChI is InChI=1S/C22H20N2O2S2.Li/c1-23(2)13-5-7-15-18(11-13)28-19-12-14(24(3)4)6-8-16(19)20(15)17-9-10-27-21(17)22(25)26;/h5-12H,1-4H3;/q;+1. The normalized spacial score (nSPS) is 10.8. The van der Waals surface area contributed by atoms with Crippen molar-refractivity contribution in [3.05, 3.63) is 58.1 Å². The van der Waals surface area contributed by atoms with E-state index in [0.717, 1.165) is 42.7 Å². The van der Waals surface area contributed by atoms with Gasteiger partial charge in [-0.25, -0.2) is 4.58 Å². The number of fused-ring (bicyclic) bond motifs is 2. The van der Waals surface area contributed by atoms with Crippen molar-refractivity contribution in [2.75, 3.05) is 33.1 Å². The molecular formula is C22H20LiN2O2S2+. The molecule has 0 bridgehead atoms. The zero-order valence-electron chi connectivity index (χ0n) is 17.1. The Morgan fingerprint density at radius 1 is 1.03 bits per heavy atom. The fourth-order valence-corrected chi connectivity index (χ4v) is 5.27. The summed E-state index contributed by atoms with van der Waals surface area (Å²) in [6.07, 6.45) is 0. The average Bonchev–Trinajstić information content (AvgIpc) is 3.14. The van der Waals surface area contributed by atoms with E-state index >= 15 is 0 Å². The number of hydrogen-bond donors (Lipinski definition) is 0. The summed E-state index contributed by atoms with van der Waals surface area (Å²) in [6, 6.07) is 14.5. The Morgan fingerprint density at radius 3 is 2.45 bits per heavy atom. The Hall–Kier alpha value is -2.10. The summed E-state index contributed by atoms with van der Waals surface area (Å²) in [7, 11) is 8.08. The molecule has 0 atom stereocenters. The molecule has 142 valence electrons. The van der Waals surface area contributed by atoms with Gasteiger partial charge in [-0.3, -0.25) is 0 Å². The summed E-state index contributed by atoms with van der Waals surface area (Å²) in [6.45, 7) is 0. The summed E-state index contributed by atoms with van der Waals surface area (Å²) in [5.74, 6) is -1.13. The van der Waals surface area contributed by atoms with Gasteiger partial charge in [-0.1, -0.05) is 6.07 Å². The van der Waals surface area contributed by atoms with Gasteiger partial charge in [0, 0.05) is 63.6 Å². The monoisotopic (exact) mass is 415 g/mol. The van der Waals surface area contributed by atoms with Crippen LogP contribution in [0.4, 0.5) is 5.69 Å². The van der Waals surface area contributed by atoms with Crippen LogP contribution in [-0.2, 0) is 0 Å². The number of carbonyl (C=O) groups is 1. The Labute approximate surface area is 189 Å². The third kappa shape index (κ3) is 3.86. The predicted molar refractivity (Wildman–Crippen MR) is 118 cm³/mol. The molecule has 0 N–H and O–H groups in total. The van der Waals surface area contributed by atoms with Crippen molar-refractivity contribution in [1.82, 2.24) is 4.58 Å². The Kier molecular flexibility index (Phi) is 6.21. The zero-order valence-corrected chi connectivity index (χ0v) is 18.8. The first-order valence-electron chi connectivity index (χ1n) is 8.84. The molecule has 0 amide bonds. The maximum Gasteiger partial charge on any atom is 1.00 e. The fraction of sp³-hybridized carbons (Fsp3) is 0.182. The number of carbonyl (C=O) groups excluding carboxylic acids is 1. The number of hydrogen-bond acceptors (Lipinski definition) is 5. The summed E-state index contributed by atoms with van der Waals surface area (Å²) < 4.78 is 3.20. The minimum Gasteiger partial charge on any atom is -0.544 e. The third-order valence-electron chi connectivity index (χ3n) is 4.84. The first kappa shape index (κ1) is 21.6. The van der Waals surface area contributed by atoms with Crippen molar-refractivity contribution in [3.63, 3.8) is 0 Å². The summed E-state index contributed by atoms with van der Waals surface area (Å²) in [5.41, 5.74) is 3.85. The molecule has 1 aromatic carbocycles. The summed E-state index contributed by atoms with van der Waals surface area (Å²) in [4.78, 5) is 15.2. The van der Waals surface area contributed by atoms with E-state index in [0.29, 0.717) is 0 Å². The Balaban J connectivity index is 0.00000240. The van der Waals surface area contributed by atoms with Crippen LogP contribution in [-0.4, -0.2) is 34.2 Å². The second-order valence-corrected chi connectivity index (χ2v) is 9.08. The predicted octanol–water partition coefficient (Wildman–Crippen LogP) is 0.200. The van der Waals surface area contributed by atoms with Crippen LogP contribution in [0, 0.1) is 0 Å². The van der Waals surface area contributed by atoms with E-state index in [2.05, 4.69) is 45.9 Å². The molecule has 4 rings (SSSR count). The van der Waals surface area contributed by atoms with E-state index < -0.39 is 5.97 Å². The number of benzene rings is 2. The van der Waals surface area contributed by atoms with Gasteiger partial charge < -0.3 is 14.8 Å². The van der Waals surface area contributed by atoms with Crippen LogP contribution in [0.15, 0.2) is 47.8 Å². The number of anilines is 1. The second-order valence-electron chi connectivity index (χ2n) is 7.08. The van der Waals surface area contributed by atoms with E-state index in [1.165, 1.54) is 11.3 Å². The molecule has 1 aliphatic carbocycles. The largest absolute Gasteiger partial charge is 1.00 e. The molecule has 7 heteroatoms. The first-order chi connectivity index (χ1) is 13.4. The summed E-state index contributed by atoms with van der Waals surface area (Å²) >= 11 is 2.94. The Morgan fingerprint density at radius 2 is 1.79 bits per heavy atom.